The lowest BCUT2D eigenvalue weighted by molar-refractivity contribution is 0.595. The smallest absolute Gasteiger partial charge is 0.223 e. The lowest BCUT2D eigenvalue weighted by Gasteiger charge is -2.16. The molecule has 4 heteroatoms. The van der Waals surface area contributed by atoms with Crippen LogP contribution in [0.15, 0.2) is 30.5 Å². The molecule has 1 aromatic heterocycles. The van der Waals surface area contributed by atoms with Gasteiger partial charge in [0.2, 0.25) is 5.95 Å². The predicted molar refractivity (Wildman–Crippen MR) is 88.2 cm³/mol. The van der Waals surface area contributed by atoms with E-state index < -0.39 is 0 Å². The van der Waals surface area contributed by atoms with Crippen molar-refractivity contribution in [2.45, 2.75) is 46.1 Å². The second-order valence-electron chi connectivity index (χ2n) is 5.79. The van der Waals surface area contributed by atoms with Crippen molar-refractivity contribution >= 4 is 5.95 Å². The Bertz CT molecular complexity index is 625. The highest BCUT2D eigenvalue weighted by molar-refractivity contribution is 5.35. The van der Waals surface area contributed by atoms with Crippen LogP contribution in [-0.2, 0) is 6.42 Å². The number of halogens is 1. The van der Waals surface area contributed by atoms with Gasteiger partial charge in [-0.25, -0.2) is 14.4 Å². The van der Waals surface area contributed by atoms with Crippen LogP contribution in [0.25, 0.3) is 0 Å². The monoisotopic (exact) mass is 300 g/mol. The molecule has 0 unspecified atom stereocenters. The highest BCUT2D eigenvalue weighted by atomic mass is 19.1. The maximum absolute atomic E-state index is 14.3. The molecule has 2 rings (SSSR count). The Hall–Kier alpha value is -1.97. The summed E-state index contributed by atoms with van der Waals surface area (Å²) in [6, 6.07) is 7.12. The van der Waals surface area contributed by atoms with E-state index in [4.69, 9.17) is 0 Å². The lowest BCUT2D eigenvalue weighted by atomic mass is 9.99. The van der Waals surface area contributed by atoms with Gasteiger partial charge in [-0.1, -0.05) is 32.9 Å². The van der Waals surface area contributed by atoms with E-state index in [0.717, 1.165) is 17.7 Å². The summed E-state index contributed by atoms with van der Waals surface area (Å²) >= 11 is 0. The van der Waals surface area contributed by atoms with Crippen LogP contribution in [0, 0.1) is 12.2 Å². The molecule has 1 aromatic carbocycles. The van der Waals surface area contributed by atoms with E-state index in [2.05, 4.69) is 29.1 Å². The number of benzene rings is 1. The first-order valence-corrected chi connectivity index (χ1v) is 7.67. The van der Waals surface area contributed by atoms with Crippen molar-refractivity contribution in [3.8, 4) is 0 Å². The average Bonchev–Trinajstić information content (AvgIpc) is 2.47. The minimum absolute atomic E-state index is 0.191. The van der Waals surface area contributed by atoms with Crippen LogP contribution < -0.4 is 5.32 Å². The number of rotatable bonds is 6. The Labute approximate surface area is 132 Å². The molecule has 1 heterocycles. The SMILES string of the molecule is C[CH]Cc1ccnc(N[C@@H](C)c2ccc(C(C)C)cc2F)n1. The Kier molecular flexibility index (Phi) is 5.47. The summed E-state index contributed by atoms with van der Waals surface area (Å²) in [5.41, 5.74) is 2.58. The molecule has 1 atom stereocenters. The van der Waals surface area contributed by atoms with Crippen molar-refractivity contribution in [3.05, 3.63) is 59.5 Å². The summed E-state index contributed by atoms with van der Waals surface area (Å²) < 4.78 is 14.3. The first-order chi connectivity index (χ1) is 10.5. The van der Waals surface area contributed by atoms with E-state index >= 15 is 0 Å². The minimum atomic E-state index is -0.193. The van der Waals surface area contributed by atoms with Gasteiger partial charge in [0, 0.05) is 17.5 Å². The number of hydrogen-bond donors (Lipinski definition) is 1. The van der Waals surface area contributed by atoms with Crippen molar-refractivity contribution in [3.63, 3.8) is 0 Å². The third-order valence-corrected chi connectivity index (χ3v) is 3.63. The molecular formula is C18H23FN3. The predicted octanol–water partition coefficient (Wildman–Crippen LogP) is 4.68. The van der Waals surface area contributed by atoms with Crippen molar-refractivity contribution in [1.29, 1.82) is 0 Å². The van der Waals surface area contributed by atoms with E-state index in [1.807, 2.05) is 38.5 Å². The molecule has 0 saturated heterocycles. The fourth-order valence-corrected chi connectivity index (χ4v) is 2.31. The topological polar surface area (TPSA) is 37.8 Å². The van der Waals surface area contributed by atoms with Crippen LogP contribution in [0.1, 0.15) is 56.5 Å². The normalized spacial score (nSPS) is 12.5. The van der Waals surface area contributed by atoms with Gasteiger partial charge in [0.25, 0.3) is 0 Å². The molecule has 22 heavy (non-hydrogen) atoms. The third kappa shape index (κ3) is 4.03. The molecule has 0 aliphatic heterocycles. The molecule has 0 bridgehead atoms. The van der Waals surface area contributed by atoms with Gasteiger partial charge in [-0.2, -0.15) is 0 Å². The molecule has 0 fully saturated rings. The summed E-state index contributed by atoms with van der Waals surface area (Å²) in [6.45, 7) is 8.01. The minimum Gasteiger partial charge on any atom is -0.348 e. The van der Waals surface area contributed by atoms with Crippen LogP contribution in [0.2, 0.25) is 0 Å². The van der Waals surface area contributed by atoms with E-state index in [1.165, 1.54) is 0 Å². The van der Waals surface area contributed by atoms with Gasteiger partial charge in [-0.3, -0.25) is 0 Å². The van der Waals surface area contributed by atoms with Gasteiger partial charge in [-0.05, 0) is 43.4 Å². The van der Waals surface area contributed by atoms with Gasteiger partial charge >= 0.3 is 0 Å². The van der Waals surface area contributed by atoms with Gasteiger partial charge < -0.3 is 5.32 Å². The lowest BCUT2D eigenvalue weighted by Crippen LogP contribution is -2.12. The molecule has 1 radical (unpaired) electrons. The van der Waals surface area contributed by atoms with Gasteiger partial charge in [0.05, 0.1) is 6.04 Å². The van der Waals surface area contributed by atoms with E-state index in [-0.39, 0.29) is 11.9 Å². The Morgan fingerprint density at radius 2 is 2.00 bits per heavy atom. The molecule has 2 aromatic rings. The maximum atomic E-state index is 14.3. The Balaban J connectivity index is 2.15. The molecule has 3 nitrogen and oxygen atoms in total. The summed E-state index contributed by atoms with van der Waals surface area (Å²) in [4.78, 5) is 8.63. The maximum Gasteiger partial charge on any atom is 0.223 e. The zero-order valence-corrected chi connectivity index (χ0v) is 13.6. The number of anilines is 1. The van der Waals surface area contributed by atoms with Gasteiger partial charge in [0.15, 0.2) is 0 Å². The fourth-order valence-electron chi connectivity index (χ4n) is 2.31. The summed E-state index contributed by atoms with van der Waals surface area (Å²) in [5, 5.41) is 3.17. The quantitative estimate of drug-likeness (QED) is 0.841. The van der Waals surface area contributed by atoms with Crippen molar-refractivity contribution in [2.75, 3.05) is 5.32 Å². The largest absolute Gasteiger partial charge is 0.348 e. The molecule has 0 aliphatic rings. The van der Waals surface area contributed by atoms with E-state index in [0.29, 0.717) is 17.4 Å². The number of aromatic nitrogens is 2. The average molecular weight is 300 g/mol. The van der Waals surface area contributed by atoms with E-state index in [1.54, 1.807) is 12.3 Å². The molecular weight excluding hydrogens is 277 g/mol. The van der Waals surface area contributed by atoms with Gasteiger partial charge in [0.1, 0.15) is 5.82 Å². The van der Waals surface area contributed by atoms with Crippen LogP contribution in [0.5, 0.6) is 0 Å². The van der Waals surface area contributed by atoms with Crippen molar-refractivity contribution in [2.24, 2.45) is 0 Å². The second kappa shape index (κ2) is 7.34. The number of nitrogens with one attached hydrogen (secondary N) is 1. The number of nitrogens with zero attached hydrogens (tertiary/aromatic N) is 2. The molecule has 0 saturated carbocycles. The second-order valence-corrected chi connectivity index (χ2v) is 5.79. The third-order valence-electron chi connectivity index (χ3n) is 3.63. The summed E-state index contributed by atoms with van der Waals surface area (Å²) in [5.74, 6) is 0.653. The fraction of sp³-hybridized carbons (Fsp3) is 0.389. The van der Waals surface area contributed by atoms with Crippen LogP contribution >= 0.6 is 0 Å². The van der Waals surface area contributed by atoms with Crippen LogP contribution in [-0.4, -0.2) is 9.97 Å². The molecule has 0 aliphatic carbocycles. The molecule has 117 valence electrons. The van der Waals surface area contributed by atoms with Gasteiger partial charge in [-0.15, -0.1) is 0 Å². The Morgan fingerprint density at radius 3 is 2.64 bits per heavy atom. The number of hydrogen-bond acceptors (Lipinski definition) is 3. The summed E-state index contributed by atoms with van der Waals surface area (Å²) in [7, 11) is 0. The molecule has 1 N–H and O–H groups in total. The first-order valence-electron chi connectivity index (χ1n) is 7.67. The van der Waals surface area contributed by atoms with Crippen molar-refractivity contribution < 1.29 is 4.39 Å². The summed E-state index contributed by atoms with van der Waals surface area (Å²) in [6.07, 6.45) is 4.56. The van der Waals surface area contributed by atoms with E-state index in [9.17, 15) is 4.39 Å². The van der Waals surface area contributed by atoms with Crippen molar-refractivity contribution in [1.82, 2.24) is 9.97 Å². The zero-order chi connectivity index (χ0) is 16.1. The Morgan fingerprint density at radius 1 is 1.23 bits per heavy atom. The van der Waals surface area contributed by atoms with Crippen LogP contribution in [0.3, 0.4) is 0 Å². The highest BCUT2D eigenvalue weighted by Gasteiger charge is 2.13. The standard InChI is InChI=1S/C18H23FN3/c1-5-6-15-9-10-20-18(22-15)21-13(4)16-8-7-14(12(2)3)11-17(16)19/h5,7-13H,6H2,1-4H3,(H,20,21,22)/t13-/m0/s1. The molecule has 0 amide bonds. The molecule has 0 spiro atoms. The highest BCUT2D eigenvalue weighted by Crippen LogP contribution is 2.24. The van der Waals surface area contributed by atoms with Crippen LogP contribution in [0.4, 0.5) is 10.3 Å². The first kappa shape index (κ1) is 16.4. The zero-order valence-electron chi connectivity index (χ0n) is 13.6.